The smallest absolute Gasteiger partial charge is 0.223 e. The number of aryl methyl sites for hydroxylation is 1. The van der Waals surface area contributed by atoms with E-state index in [-0.39, 0.29) is 18.1 Å². The van der Waals surface area contributed by atoms with Crippen LogP contribution in [-0.4, -0.2) is 27.8 Å². The molecule has 4 rings (SSSR count). The van der Waals surface area contributed by atoms with Crippen LogP contribution in [0, 0.1) is 5.82 Å². The van der Waals surface area contributed by atoms with Crippen LogP contribution in [0.1, 0.15) is 17.3 Å². The van der Waals surface area contributed by atoms with Crippen molar-refractivity contribution in [2.24, 2.45) is 0 Å². The number of rotatable bonds is 6. The van der Waals surface area contributed by atoms with Crippen LogP contribution in [0.2, 0.25) is 0 Å². The van der Waals surface area contributed by atoms with Gasteiger partial charge >= 0.3 is 0 Å². The van der Waals surface area contributed by atoms with E-state index >= 15 is 0 Å². The van der Waals surface area contributed by atoms with E-state index in [0.29, 0.717) is 30.2 Å². The molecule has 2 aromatic heterocycles. The van der Waals surface area contributed by atoms with E-state index in [0.717, 1.165) is 15.2 Å². The zero-order valence-corrected chi connectivity index (χ0v) is 16.1. The Morgan fingerprint density at radius 2 is 1.96 bits per heavy atom. The van der Waals surface area contributed by atoms with Crippen molar-refractivity contribution in [1.29, 1.82) is 0 Å². The van der Waals surface area contributed by atoms with Crippen molar-refractivity contribution in [3.05, 3.63) is 71.4 Å². The molecule has 0 fully saturated rings. The molecule has 0 aliphatic heterocycles. The number of oxazole rings is 1. The number of para-hydroxylation sites is 1. The highest BCUT2D eigenvalue weighted by Gasteiger charge is 2.15. The first-order chi connectivity index (χ1) is 13.6. The minimum Gasteiger partial charge on any atom is -0.441 e. The van der Waals surface area contributed by atoms with Gasteiger partial charge in [0.1, 0.15) is 10.8 Å². The second kappa shape index (κ2) is 7.90. The van der Waals surface area contributed by atoms with Crippen molar-refractivity contribution in [2.45, 2.75) is 19.4 Å². The van der Waals surface area contributed by atoms with Crippen molar-refractivity contribution < 1.29 is 13.6 Å². The summed E-state index contributed by atoms with van der Waals surface area (Å²) in [4.78, 5) is 22.8. The number of nitrogens with zero attached hydrogens (tertiary/aromatic N) is 3. The lowest BCUT2D eigenvalue weighted by atomic mass is 10.2. The van der Waals surface area contributed by atoms with Gasteiger partial charge in [0.25, 0.3) is 0 Å². The summed E-state index contributed by atoms with van der Waals surface area (Å²) >= 11 is 1.59. The number of halogens is 1. The van der Waals surface area contributed by atoms with Crippen LogP contribution in [0.4, 0.5) is 4.39 Å². The summed E-state index contributed by atoms with van der Waals surface area (Å²) in [5.74, 6) is 0.394. The standard InChI is InChI=1S/C21H18FN3O2S/c1-25(13-20-24-16-8-4-5-9-18(16)28-20)21(26)11-10-19-23-12-17(27-19)14-6-2-3-7-15(14)22/h2-9,12H,10-11,13H2,1H3. The zero-order chi connectivity index (χ0) is 19.5. The largest absolute Gasteiger partial charge is 0.441 e. The van der Waals surface area contributed by atoms with E-state index in [9.17, 15) is 9.18 Å². The summed E-state index contributed by atoms with van der Waals surface area (Å²) in [5, 5.41) is 0.898. The number of hydrogen-bond donors (Lipinski definition) is 0. The van der Waals surface area contributed by atoms with Crippen LogP contribution in [0.3, 0.4) is 0 Å². The van der Waals surface area contributed by atoms with Crippen LogP contribution >= 0.6 is 11.3 Å². The SMILES string of the molecule is CN(Cc1nc2ccccc2s1)C(=O)CCc1ncc(-c2ccccc2F)o1. The normalized spacial score (nSPS) is 11.1. The summed E-state index contributed by atoms with van der Waals surface area (Å²) in [7, 11) is 1.76. The van der Waals surface area contributed by atoms with Crippen LogP contribution in [0.15, 0.2) is 59.1 Å². The van der Waals surface area contributed by atoms with Crippen molar-refractivity contribution in [3.8, 4) is 11.3 Å². The maximum Gasteiger partial charge on any atom is 0.223 e. The van der Waals surface area contributed by atoms with Crippen LogP contribution < -0.4 is 0 Å². The third-order valence-corrected chi connectivity index (χ3v) is 5.40. The van der Waals surface area contributed by atoms with Gasteiger partial charge in [0, 0.05) is 19.9 Å². The highest BCUT2D eigenvalue weighted by Crippen LogP contribution is 2.24. The lowest BCUT2D eigenvalue weighted by Gasteiger charge is -2.14. The number of aromatic nitrogens is 2. The van der Waals surface area contributed by atoms with Crippen LogP contribution in [0.25, 0.3) is 21.5 Å². The Balaban J connectivity index is 1.35. The molecule has 5 nitrogen and oxygen atoms in total. The fourth-order valence-corrected chi connectivity index (χ4v) is 3.92. The summed E-state index contributed by atoms with van der Waals surface area (Å²) in [6.45, 7) is 0.463. The zero-order valence-electron chi connectivity index (χ0n) is 15.3. The average Bonchev–Trinajstić information content (AvgIpc) is 3.32. The van der Waals surface area contributed by atoms with Crippen molar-refractivity contribution in [1.82, 2.24) is 14.9 Å². The quantitative estimate of drug-likeness (QED) is 0.476. The molecule has 2 aromatic carbocycles. The van der Waals surface area contributed by atoms with E-state index in [1.54, 1.807) is 41.5 Å². The number of carbonyl (C=O) groups excluding carboxylic acids is 1. The molecule has 0 unspecified atom stereocenters. The predicted molar refractivity (Wildman–Crippen MR) is 106 cm³/mol. The van der Waals surface area contributed by atoms with Gasteiger partial charge in [0.15, 0.2) is 11.7 Å². The first kappa shape index (κ1) is 18.3. The third-order valence-electron chi connectivity index (χ3n) is 4.38. The molecular weight excluding hydrogens is 377 g/mol. The number of thiazole rings is 1. The topological polar surface area (TPSA) is 59.2 Å². The van der Waals surface area contributed by atoms with Gasteiger partial charge in [-0.05, 0) is 24.3 Å². The monoisotopic (exact) mass is 395 g/mol. The maximum absolute atomic E-state index is 13.8. The summed E-state index contributed by atoms with van der Waals surface area (Å²) in [5.41, 5.74) is 1.31. The predicted octanol–water partition coefficient (Wildman–Crippen LogP) is 4.68. The summed E-state index contributed by atoms with van der Waals surface area (Å²) in [6, 6.07) is 14.3. The molecule has 0 atom stereocenters. The molecule has 0 aliphatic carbocycles. The highest BCUT2D eigenvalue weighted by molar-refractivity contribution is 7.18. The molecular formula is C21H18FN3O2S. The molecule has 4 aromatic rings. The average molecular weight is 395 g/mol. The maximum atomic E-state index is 13.8. The van der Waals surface area contributed by atoms with Gasteiger partial charge in [-0.15, -0.1) is 11.3 Å². The first-order valence-electron chi connectivity index (χ1n) is 8.88. The molecule has 0 saturated heterocycles. The van der Waals surface area contributed by atoms with Crippen LogP contribution in [0.5, 0.6) is 0 Å². The van der Waals surface area contributed by atoms with Gasteiger partial charge in [0.2, 0.25) is 5.91 Å². The molecule has 2 heterocycles. The highest BCUT2D eigenvalue weighted by atomic mass is 32.1. The fraction of sp³-hybridized carbons (Fsp3) is 0.190. The Bertz CT molecular complexity index is 1090. The van der Waals surface area contributed by atoms with Crippen molar-refractivity contribution in [2.75, 3.05) is 7.05 Å². The molecule has 28 heavy (non-hydrogen) atoms. The molecule has 0 saturated carbocycles. The Hall–Kier alpha value is -3.06. The van der Waals surface area contributed by atoms with Crippen LogP contribution in [-0.2, 0) is 17.8 Å². The molecule has 0 bridgehead atoms. The minimum absolute atomic E-state index is 0.0232. The third kappa shape index (κ3) is 3.94. The minimum atomic E-state index is -0.364. The van der Waals surface area contributed by atoms with Gasteiger partial charge in [-0.25, -0.2) is 14.4 Å². The summed E-state index contributed by atoms with van der Waals surface area (Å²) in [6.07, 6.45) is 2.11. The lowest BCUT2D eigenvalue weighted by Crippen LogP contribution is -2.26. The molecule has 0 aliphatic rings. The van der Waals surface area contributed by atoms with Crippen molar-refractivity contribution >= 4 is 27.5 Å². The summed E-state index contributed by atoms with van der Waals surface area (Å²) < 4.78 is 20.6. The Morgan fingerprint density at radius 3 is 2.79 bits per heavy atom. The molecule has 7 heteroatoms. The lowest BCUT2D eigenvalue weighted by molar-refractivity contribution is -0.130. The van der Waals surface area contributed by atoms with Gasteiger partial charge < -0.3 is 9.32 Å². The fourth-order valence-electron chi connectivity index (χ4n) is 2.89. The van der Waals surface area contributed by atoms with E-state index in [1.165, 1.54) is 12.3 Å². The second-order valence-electron chi connectivity index (χ2n) is 6.42. The van der Waals surface area contributed by atoms with Gasteiger partial charge in [-0.3, -0.25) is 4.79 Å². The number of carbonyl (C=O) groups is 1. The molecule has 142 valence electrons. The number of amides is 1. The first-order valence-corrected chi connectivity index (χ1v) is 9.70. The van der Waals surface area contributed by atoms with Gasteiger partial charge in [0.05, 0.1) is 28.5 Å². The van der Waals surface area contributed by atoms with Gasteiger partial charge in [-0.1, -0.05) is 24.3 Å². The molecule has 0 N–H and O–H groups in total. The number of hydrogen-bond acceptors (Lipinski definition) is 5. The van der Waals surface area contributed by atoms with E-state index < -0.39 is 0 Å². The molecule has 0 spiro atoms. The number of benzene rings is 2. The Kier molecular flexibility index (Phi) is 5.16. The number of fused-ring (bicyclic) bond motifs is 1. The Morgan fingerprint density at radius 1 is 1.18 bits per heavy atom. The Labute approximate surface area is 165 Å². The molecule has 1 amide bonds. The van der Waals surface area contributed by atoms with E-state index in [1.807, 2.05) is 24.3 Å². The van der Waals surface area contributed by atoms with E-state index in [2.05, 4.69) is 9.97 Å². The van der Waals surface area contributed by atoms with Gasteiger partial charge in [-0.2, -0.15) is 0 Å². The van der Waals surface area contributed by atoms with E-state index in [4.69, 9.17) is 4.42 Å². The second-order valence-corrected chi connectivity index (χ2v) is 7.54. The van der Waals surface area contributed by atoms with Crippen molar-refractivity contribution in [3.63, 3.8) is 0 Å². The molecule has 0 radical (unpaired) electrons.